The molecule has 17 heavy (non-hydrogen) atoms. The van der Waals surface area contributed by atoms with Gasteiger partial charge >= 0.3 is 0 Å². The molecule has 0 radical (unpaired) electrons. The Morgan fingerprint density at radius 2 is 2.12 bits per heavy atom. The number of nitrogens with one attached hydrogen (secondary N) is 1. The average molecular weight is 235 g/mol. The van der Waals surface area contributed by atoms with Gasteiger partial charge in [-0.3, -0.25) is 4.79 Å². The van der Waals surface area contributed by atoms with Crippen molar-refractivity contribution in [1.29, 1.82) is 0 Å². The van der Waals surface area contributed by atoms with Gasteiger partial charge in [0.05, 0.1) is 5.54 Å². The van der Waals surface area contributed by atoms with Crippen molar-refractivity contribution in [1.82, 2.24) is 5.32 Å². The van der Waals surface area contributed by atoms with Crippen LogP contribution in [0.5, 0.6) is 0 Å². The van der Waals surface area contributed by atoms with Crippen molar-refractivity contribution in [3.8, 4) is 0 Å². The molecule has 1 saturated heterocycles. The minimum Gasteiger partial charge on any atom is -0.305 e. The van der Waals surface area contributed by atoms with E-state index in [4.69, 9.17) is 0 Å². The largest absolute Gasteiger partial charge is 0.305 e. The Morgan fingerprint density at radius 1 is 1.29 bits per heavy atom. The lowest BCUT2D eigenvalue weighted by Crippen LogP contribution is -2.47. The molecule has 2 rings (SSSR count). The van der Waals surface area contributed by atoms with Gasteiger partial charge in [0, 0.05) is 0 Å². The van der Waals surface area contributed by atoms with Crippen LogP contribution in [0.2, 0.25) is 0 Å². The summed E-state index contributed by atoms with van der Waals surface area (Å²) in [7, 11) is 0. The Kier molecular flexibility index (Phi) is 4.38. The van der Waals surface area contributed by atoms with Crippen LogP contribution in [0.1, 0.15) is 64.7 Å². The second kappa shape index (κ2) is 5.81. The summed E-state index contributed by atoms with van der Waals surface area (Å²) >= 11 is 0. The number of Topliss-reactive ketones (excluding diaryl/α,β-unsaturated/α-hetero) is 1. The van der Waals surface area contributed by atoms with Gasteiger partial charge < -0.3 is 5.32 Å². The summed E-state index contributed by atoms with van der Waals surface area (Å²) in [6.45, 7) is 3.15. The minimum atomic E-state index is -0.217. The van der Waals surface area contributed by atoms with Crippen LogP contribution in [0.4, 0.5) is 0 Å². The van der Waals surface area contributed by atoms with Crippen LogP contribution in [0.3, 0.4) is 0 Å². The predicted molar refractivity (Wildman–Crippen MR) is 71.1 cm³/mol. The van der Waals surface area contributed by atoms with Gasteiger partial charge in [-0.2, -0.15) is 0 Å². The Morgan fingerprint density at radius 3 is 2.82 bits per heavy atom. The number of rotatable bonds is 3. The van der Waals surface area contributed by atoms with E-state index in [0.29, 0.717) is 5.78 Å². The lowest BCUT2D eigenvalue weighted by molar-refractivity contribution is -0.121. The summed E-state index contributed by atoms with van der Waals surface area (Å²) in [4.78, 5) is 12.7. The zero-order valence-corrected chi connectivity index (χ0v) is 11.1. The molecule has 1 atom stereocenters. The standard InChI is InChI=1S/C15H25NO/c1-2-15(11-8-12-16-15)14(17)13-9-6-4-3-5-7-10-13/h9,16H,2-8,10-12H2,1H3. The molecule has 0 bridgehead atoms. The van der Waals surface area contributed by atoms with Gasteiger partial charge in [-0.25, -0.2) is 0 Å². The molecule has 2 heteroatoms. The van der Waals surface area contributed by atoms with Crippen LogP contribution in [0.25, 0.3) is 0 Å². The quantitative estimate of drug-likeness (QED) is 0.812. The third kappa shape index (κ3) is 2.79. The van der Waals surface area contributed by atoms with Crippen LogP contribution in [-0.4, -0.2) is 17.9 Å². The van der Waals surface area contributed by atoms with E-state index in [1.54, 1.807) is 0 Å². The molecule has 96 valence electrons. The van der Waals surface area contributed by atoms with Crippen molar-refractivity contribution >= 4 is 5.78 Å². The van der Waals surface area contributed by atoms with Crippen molar-refractivity contribution in [3.05, 3.63) is 11.6 Å². The molecule has 2 aliphatic rings. The molecule has 2 nitrogen and oxygen atoms in total. The summed E-state index contributed by atoms with van der Waals surface area (Å²) in [6, 6.07) is 0. The smallest absolute Gasteiger partial charge is 0.178 e. The maximum Gasteiger partial charge on any atom is 0.178 e. The molecule has 1 fully saturated rings. The fraction of sp³-hybridized carbons (Fsp3) is 0.800. The first kappa shape index (κ1) is 12.8. The van der Waals surface area contributed by atoms with Crippen LogP contribution in [-0.2, 0) is 4.79 Å². The molecule has 1 aliphatic carbocycles. The second-order valence-electron chi connectivity index (χ2n) is 5.48. The number of carbonyl (C=O) groups excluding carboxylic acids is 1. The summed E-state index contributed by atoms with van der Waals surface area (Å²) in [5.74, 6) is 0.402. The first-order chi connectivity index (χ1) is 8.28. The molecular weight excluding hydrogens is 210 g/mol. The topological polar surface area (TPSA) is 29.1 Å². The maximum atomic E-state index is 12.7. The van der Waals surface area contributed by atoms with Crippen LogP contribution < -0.4 is 5.32 Å². The lowest BCUT2D eigenvalue weighted by Gasteiger charge is -2.28. The monoisotopic (exact) mass is 235 g/mol. The lowest BCUT2D eigenvalue weighted by atomic mass is 9.82. The Labute approximate surface area is 105 Å². The number of carbonyl (C=O) groups is 1. The van der Waals surface area contributed by atoms with Gasteiger partial charge in [0.2, 0.25) is 0 Å². The minimum absolute atomic E-state index is 0.217. The van der Waals surface area contributed by atoms with E-state index in [0.717, 1.165) is 44.2 Å². The van der Waals surface area contributed by atoms with E-state index in [2.05, 4.69) is 18.3 Å². The van der Waals surface area contributed by atoms with Gasteiger partial charge in [-0.15, -0.1) is 0 Å². The summed E-state index contributed by atoms with van der Waals surface area (Å²) in [5, 5.41) is 3.46. The van der Waals surface area contributed by atoms with E-state index in [9.17, 15) is 4.79 Å². The zero-order valence-electron chi connectivity index (χ0n) is 11.1. The molecule has 0 aromatic carbocycles. The highest BCUT2D eigenvalue weighted by atomic mass is 16.1. The number of hydrogen-bond acceptors (Lipinski definition) is 2. The fourth-order valence-electron chi connectivity index (χ4n) is 3.17. The van der Waals surface area contributed by atoms with Gasteiger partial charge in [0.1, 0.15) is 0 Å². The normalized spacial score (nSPS) is 30.5. The van der Waals surface area contributed by atoms with Crippen molar-refractivity contribution in [2.24, 2.45) is 0 Å². The summed E-state index contributed by atoms with van der Waals surface area (Å²) in [6.07, 6.45) is 12.5. The molecule has 0 amide bonds. The van der Waals surface area contributed by atoms with Crippen molar-refractivity contribution in [2.75, 3.05) is 6.54 Å². The molecular formula is C15H25NO. The maximum absolute atomic E-state index is 12.7. The van der Waals surface area contributed by atoms with E-state index >= 15 is 0 Å². The van der Waals surface area contributed by atoms with Crippen molar-refractivity contribution in [3.63, 3.8) is 0 Å². The van der Waals surface area contributed by atoms with Gasteiger partial charge in [-0.1, -0.05) is 25.8 Å². The molecule has 0 spiro atoms. The number of ketones is 1. The highest BCUT2D eigenvalue weighted by Crippen LogP contribution is 2.29. The van der Waals surface area contributed by atoms with Crippen LogP contribution >= 0.6 is 0 Å². The Balaban J connectivity index is 2.11. The van der Waals surface area contributed by atoms with E-state index in [-0.39, 0.29) is 5.54 Å². The Hall–Kier alpha value is -0.630. The van der Waals surface area contributed by atoms with Gasteiger partial charge in [0.25, 0.3) is 0 Å². The van der Waals surface area contributed by atoms with Crippen LogP contribution in [0, 0.1) is 0 Å². The average Bonchev–Trinajstić information content (AvgIpc) is 2.77. The van der Waals surface area contributed by atoms with Crippen LogP contribution in [0.15, 0.2) is 11.6 Å². The molecule has 0 aromatic rings. The predicted octanol–water partition coefficient (Wildman–Crippen LogP) is 3.37. The first-order valence-electron chi connectivity index (χ1n) is 7.27. The summed E-state index contributed by atoms with van der Waals surface area (Å²) < 4.78 is 0. The van der Waals surface area contributed by atoms with Gasteiger partial charge in [-0.05, 0) is 57.1 Å². The highest BCUT2D eigenvalue weighted by molar-refractivity contribution is 6.02. The number of hydrogen-bond donors (Lipinski definition) is 1. The van der Waals surface area contributed by atoms with Crippen molar-refractivity contribution < 1.29 is 4.79 Å². The summed E-state index contributed by atoms with van der Waals surface area (Å²) in [5.41, 5.74) is 0.895. The molecule has 1 unspecified atom stereocenters. The highest BCUT2D eigenvalue weighted by Gasteiger charge is 2.39. The molecule has 1 aliphatic heterocycles. The van der Waals surface area contributed by atoms with E-state index in [1.165, 1.54) is 25.7 Å². The fourth-order valence-corrected chi connectivity index (χ4v) is 3.17. The SMILES string of the molecule is CCC1(C(=O)C2=CCCCCCC2)CCCN1. The zero-order chi connectivity index (χ0) is 12.1. The molecule has 0 aromatic heterocycles. The van der Waals surface area contributed by atoms with E-state index < -0.39 is 0 Å². The third-order valence-electron chi connectivity index (χ3n) is 4.36. The molecule has 1 N–H and O–H groups in total. The number of allylic oxidation sites excluding steroid dienone is 1. The molecule has 0 saturated carbocycles. The van der Waals surface area contributed by atoms with Gasteiger partial charge in [0.15, 0.2) is 5.78 Å². The second-order valence-corrected chi connectivity index (χ2v) is 5.48. The third-order valence-corrected chi connectivity index (χ3v) is 4.36. The van der Waals surface area contributed by atoms with Crippen molar-refractivity contribution in [2.45, 2.75) is 70.3 Å². The first-order valence-corrected chi connectivity index (χ1v) is 7.27. The Bertz CT molecular complexity index is 300. The van der Waals surface area contributed by atoms with E-state index in [1.807, 2.05) is 0 Å². The molecule has 1 heterocycles.